The number of hydrogen-bond acceptors (Lipinski definition) is 3. The number of nitrogens with two attached hydrogens (primary N) is 1. The summed E-state index contributed by atoms with van der Waals surface area (Å²) in [5.74, 6) is 5.61. The molecule has 2 aromatic rings. The lowest BCUT2D eigenvalue weighted by Crippen LogP contribution is -2.01. The topological polar surface area (TPSA) is 55.5 Å². The molecule has 0 spiro atoms. The van der Waals surface area contributed by atoms with Crippen LogP contribution in [0.5, 0.6) is 11.5 Å². The van der Waals surface area contributed by atoms with Gasteiger partial charge in [-0.05, 0) is 23.3 Å². The van der Waals surface area contributed by atoms with Crippen LogP contribution in [0.15, 0.2) is 48.5 Å². The van der Waals surface area contributed by atoms with Crippen molar-refractivity contribution in [2.24, 2.45) is 5.90 Å². The summed E-state index contributed by atoms with van der Waals surface area (Å²) in [7, 11) is 0. The third-order valence-electron chi connectivity index (χ3n) is 2.32. The highest BCUT2D eigenvalue weighted by atomic mass is 16.6. The fourth-order valence-electron chi connectivity index (χ4n) is 1.53. The molecular formula is C14H13NO2. The van der Waals surface area contributed by atoms with Gasteiger partial charge in [0.25, 0.3) is 0 Å². The molecule has 0 amide bonds. The van der Waals surface area contributed by atoms with Gasteiger partial charge in [0.15, 0.2) is 5.75 Å². The van der Waals surface area contributed by atoms with Gasteiger partial charge in [0, 0.05) is 6.07 Å². The molecule has 0 aliphatic carbocycles. The third-order valence-corrected chi connectivity index (χ3v) is 2.32. The SMILES string of the molecule is NOc1cc(O)cc(/C=C/c2ccccc2)c1. The van der Waals surface area contributed by atoms with E-state index in [4.69, 9.17) is 5.90 Å². The van der Waals surface area contributed by atoms with E-state index in [-0.39, 0.29) is 5.75 Å². The molecule has 86 valence electrons. The molecule has 3 nitrogen and oxygen atoms in total. The maximum absolute atomic E-state index is 9.45. The predicted molar refractivity (Wildman–Crippen MR) is 68.3 cm³/mol. The molecule has 0 heterocycles. The largest absolute Gasteiger partial charge is 0.508 e. The summed E-state index contributed by atoms with van der Waals surface area (Å²) in [4.78, 5) is 4.59. The summed E-state index contributed by atoms with van der Waals surface area (Å²) < 4.78 is 0. The van der Waals surface area contributed by atoms with Crippen molar-refractivity contribution < 1.29 is 9.94 Å². The summed E-state index contributed by atoms with van der Waals surface area (Å²) in [6, 6.07) is 14.7. The van der Waals surface area contributed by atoms with Gasteiger partial charge in [-0.2, -0.15) is 5.90 Å². The molecule has 0 saturated heterocycles. The normalized spacial score (nSPS) is 10.6. The lowest BCUT2D eigenvalue weighted by Gasteiger charge is -2.01. The molecule has 0 aromatic heterocycles. The van der Waals surface area contributed by atoms with E-state index in [9.17, 15) is 5.11 Å². The number of rotatable bonds is 3. The van der Waals surface area contributed by atoms with Crippen LogP contribution in [0.1, 0.15) is 11.1 Å². The molecule has 0 unspecified atom stereocenters. The van der Waals surface area contributed by atoms with Crippen molar-refractivity contribution in [1.82, 2.24) is 0 Å². The Labute approximate surface area is 99.7 Å². The van der Waals surface area contributed by atoms with Crippen LogP contribution in [0, 0.1) is 0 Å². The highest BCUT2D eigenvalue weighted by molar-refractivity contribution is 5.70. The van der Waals surface area contributed by atoms with Crippen molar-refractivity contribution in [3.05, 3.63) is 59.7 Å². The van der Waals surface area contributed by atoms with Gasteiger partial charge >= 0.3 is 0 Å². The second kappa shape index (κ2) is 5.18. The molecule has 0 atom stereocenters. The summed E-state index contributed by atoms with van der Waals surface area (Å²) >= 11 is 0. The lowest BCUT2D eigenvalue weighted by molar-refractivity contribution is 0.332. The summed E-state index contributed by atoms with van der Waals surface area (Å²) in [6.07, 6.45) is 3.84. The van der Waals surface area contributed by atoms with Gasteiger partial charge in [0.05, 0.1) is 0 Å². The fourth-order valence-corrected chi connectivity index (χ4v) is 1.53. The minimum absolute atomic E-state index is 0.126. The van der Waals surface area contributed by atoms with Crippen molar-refractivity contribution in [3.63, 3.8) is 0 Å². The maximum Gasteiger partial charge on any atom is 0.151 e. The zero-order chi connectivity index (χ0) is 12.1. The van der Waals surface area contributed by atoms with Crippen LogP contribution in [0.25, 0.3) is 12.2 Å². The second-order valence-electron chi connectivity index (χ2n) is 3.62. The number of phenolic OH excluding ortho intramolecular Hbond substituents is 1. The Hall–Kier alpha value is -2.26. The molecule has 2 rings (SSSR count). The van der Waals surface area contributed by atoms with Crippen LogP contribution in [0.3, 0.4) is 0 Å². The summed E-state index contributed by atoms with van der Waals surface area (Å²) in [6.45, 7) is 0. The molecule has 0 saturated carbocycles. The number of hydrogen-bond donors (Lipinski definition) is 2. The molecule has 0 fully saturated rings. The van der Waals surface area contributed by atoms with Gasteiger partial charge in [0.1, 0.15) is 5.75 Å². The van der Waals surface area contributed by atoms with E-state index < -0.39 is 0 Å². The Morgan fingerprint density at radius 1 is 0.941 bits per heavy atom. The van der Waals surface area contributed by atoms with E-state index >= 15 is 0 Å². The molecular weight excluding hydrogens is 214 g/mol. The van der Waals surface area contributed by atoms with Gasteiger partial charge in [-0.15, -0.1) is 0 Å². The minimum atomic E-state index is 0.126. The van der Waals surface area contributed by atoms with Crippen molar-refractivity contribution >= 4 is 12.2 Å². The first-order chi connectivity index (χ1) is 8.28. The van der Waals surface area contributed by atoms with E-state index in [0.29, 0.717) is 5.75 Å². The number of phenols is 1. The fraction of sp³-hybridized carbons (Fsp3) is 0. The number of aromatic hydroxyl groups is 1. The van der Waals surface area contributed by atoms with E-state index in [1.54, 1.807) is 12.1 Å². The van der Waals surface area contributed by atoms with Crippen LogP contribution in [0.4, 0.5) is 0 Å². The minimum Gasteiger partial charge on any atom is -0.508 e. The molecule has 0 bridgehead atoms. The van der Waals surface area contributed by atoms with Gasteiger partial charge in [-0.25, -0.2) is 0 Å². The van der Waals surface area contributed by atoms with E-state index in [0.717, 1.165) is 11.1 Å². The van der Waals surface area contributed by atoms with Gasteiger partial charge < -0.3 is 9.94 Å². The van der Waals surface area contributed by atoms with Crippen LogP contribution in [0.2, 0.25) is 0 Å². The van der Waals surface area contributed by atoms with Gasteiger partial charge in [-0.1, -0.05) is 42.5 Å². The average molecular weight is 227 g/mol. The zero-order valence-electron chi connectivity index (χ0n) is 9.21. The van der Waals surface area contributed by atoms with Crippen LogP contribution in [-0.2, 0) is 0 Å². The predicted octanol–water partition coefficient (Wildman–Crippen LogP) is 2.82. The first-order valence-electron chi connectivity index (χ1n) is 5.22. The first-order valence-corrected chi connectivity index (χ1v) is 5.22. The Morgan fingerprint density at radius 2 is 1.65 bits per heavy atom. The lowest BCUT2D eigenvalue weighted by atomic mass is 10.1. The quantitative estimate of drug-likeness (QED) is 0.626. The zero-order valence-corrected chi connectivity index (χ0v) is 9.21. The Morgan fingerprint density at radius 3 is 2.35 bits per heavy atom. The highest BCUT2D eigenvalue weighted by Gasteiger charge is 1.97. The van der Waals surface area contributed by atoms with Crippen molar-refractivity contribution in [3.8, 4) is 11.5 Å². The van der Waals surface area contributed by atoms with E-state index in [1.807, 2.05) is 42.5 Å². The molecule has 17 heavy (non-hydrogen) atoms. The molecule has 3 heteroatoms. The smallest absolute Gasteiger partial charge is 0.151 e. The van der Waals surface area contributed by atoms with Crippen LogP contribution >= 0.6 is 0 Å². The van der Waals surface area contributed by atoms with Crippen molar-refractivity contribution in [2.45, 2.75) is 0 Å². The second-order valence-corrected chi connectivity index (χ2v) is 3.62. The Kier molecular flexibility index (Phi) is 3.43. The van der Waals surface area contributed by atoms with Crippen LogP contribution < -0.4 is 10.7 Å². The molecule has 2 aromatic carbocycles. The molecule has 0 aliphatic heterocycles. The summed E-state index contributed by atoms with van der Waals surface area (Å²) in [5, 5.41) is 9.45. The van der Waals surface area contributed by atoms with Crippen LogP contribution in [-0.4, -0.2) is 5.11 Å². The standard InChI is InChI=1S/C14H13NO2/c15-17-14-9-12(8-13(16)10-14)7-6-11-4-2-1-3-5-11/h1-10,16H,15H2/b7-6+. The molecule has 0 radical (unpaired) electrons. The Bertz CT molecular complexity index is 521. The van der Waals surface area contributed by atoms with Crippen molar-refractivity contribution in [2.75, 3.05) is 0 Å². The van der Waals surface area contributed by atoms with Gasteiger partial charge in [0.2, 0.25) is 0 Å². The van der Waals surface area contributed by atoms with E-state index in [2.05, 4.69) is 4.84 Å². The summed E-state index contributed by atoms with van der Waals surface area (Å²) in [5.41, 5.74) is 1.92. The monoisotopic (exact) mass is 227 g/mol. The first kappa shape index (κ1) is 11.2. The van der Waals surface area contributed by atoms with Crippen molar-refractivity contribution in [1.29, 1.82) is 0 Å². The van der Waals surface area contributed by atoms with E-state index in [1.165, 1.54) is 6.07 Å². The molecule has 0 aliphatic rings. The average Bonchev–Trinajstić information content (AvgIpc) is 2.37. The third kappa shape index (κ3) is 3.09. The number of benzene rings is 2. The maximum atomic E-state index is 9.45. The Balaban J connectivity index is 2.24. The highest BCUT2D eigenvalue weighted by Crippen LogP contribution is 2.22. The molecule has 3 N–H and O–H groups in total. The van der Waals surface area contributed by atoms with Gasteiger partial charge in [-0.3, -0.25) is 0 Å².